The third-order valence-electron chi connectivity index (χ3n) is 6.07. The van der Waals surface area contributed by atoms with E-state index in [2.05, 4.69) is 52.6 Å². The van der Waals surface area contributed by atoms with Gasteiger partial charge in [-0.3, -0.25) is 9.79 Å². The first-order valence-electron chi connectivity index (χ1n) is 11.3. The van der Waals surface area contributed by atoms with Gasteiger partial charge in [0.1, 0.15) is 11.4 Å². The number of piperazine rings is 1. The lowest BCUT2D eigenvalue weighted by Crippen LogP contribution is -2.52. The highest BCUT2D eigenvalue weighted by atomic mass is 127. The molecule has 0 aliphatic carbocycles. The molecule has 1 saturated heterocycles. The van der Waals surface area contributed by atoms with E-state index in [1.165, 1.54) is 5.69 Å². The van der Waals surface area contributed by atoms with Gasteiger partial charge in [0.25, 0.3) is 0 Å². The Bertz CT molecular complexity index is 958. The van der Waals surface area contributed by atoms with E-state index in [9.17, 15) is 4.79 Å². The van der Waals surface area contributed by atoms with E-state index in [1.807, 2.05) is 41.3 Å². The van der Waals surface area contributed by atoms with Crippen LogP contribution >= 0.6 is 24.0 Å². The number of carbonyl (C=O) groups is 1. The molecule has 2 aliphatic rings. The molecule has 2 aromatic carbocycles. The maximum absolute atomic E-state index is 12.8. The van der Waals surface area contributed by atoms with Gasteiger partial charge in [0, 0.05) is 50.9 Å². The van der Waals surface area contributed by atoms with Crippen LogP contribution in [0.15, 0.2) is 59.6 Å². The van der Waals surface area contributed by atoms with Crippen molar-refractivity contribution in [3.8, 4) is 5.75 Å². The molecule has 1 amide bonds. The first-order valence-corrected chi connectivity index (χ1v) is 11.3. The molecule has 1 fully saturated rings. The number of carbonyl (C=O) groups excluding carboxylic acids is 1. The first-order chi connectivity index (χ1) is 15.4. The Hall–Kier alpha value is -2.49. The van der Waals surface area contributed by atoms with E-state index in [0.717, 1.165) is 43.9 Å². The molecule has 2 N–H and O–H groups in total. The second-order valence-electron chi connectivity index (χ2n) is 8.93. The summed E-state index contributed by atoms with van der Waals surface area (Å²) in [5, 5.41) is 6.69. The minimum absolute atomic E-state index is 0. The molecule has 0 bridgehead atoms. The maximum Gasteiger partial charge on any atom is 0.242 e. The number of hydrogen-bond acceptors (Lipinski definition) is 4. The van der Waals surface area contributed by atoms with Gasteiger partial charge in [-0.2, -0.15) is 0 Å². The Kier molecular flexibility index (Phi) is 8.45. The lowest BCUT2D eigenvalue weighted by molar-refractivity contribution is -0.130. The van der Waals surface area contributed by atoms with Crippen LogP contribution in [-0.4, -0.2) is 62.1 Å². The summed E-state index contributed by atoms with van der Waals surface area (Å²) in [6.45, 7) is 7.54. The minimum Gasteiger partial charge on any atom is -0.487 e. The number of nitrogens with zero attached hydrogens (tertiary/aromatic N) is 3. The zero-order valence-electron chi connectivity index (χ0n) is 19.6. The average Bonchev–Trinajstić information content (AvgIpc) is 2.81. The maximum atomic E-state index is 12.8. The Morgan fingerprint density at radius 3 is 2.42 bits per heavy atom. The fraction of sp³-hybridized carbons (Fsp3) is 0.440. The van der Waals surface area contributed by atoms with E-state index in [1.54, 1.807) is 7.05 Å². The SMILES string of the molecule is CN=C(NCC(=O)N1CCN(c2ccccc2)CC1)NC1CC(C)(C)Oc2ccccc21.I. The highest BCUT2D eigenvalue weighted by Gasteiger charge is 2.34. The van der Waals surface area contributed by atoms with Crippen molar-refractivity contribution in [3.05, 3.63) is 60.2 Å². The predicted octanol–water partition coefficient (Wildman–Crippen LogP) is 3.42. The van der Waals surface area contributed by atoms with Gasteiger partial charge >= 0.3 is 0 Å². The summed E-state index contributed by atoms with van der Waals surface area (Å²) in [6.07, 6.45) is 0.806. The highest BCUT2D eigenvalue weighted by molar-refractivity contribution is 14.0. The van der Waals surface area contributed by atoms with Gasteiger partial charge in [-0.15, -0.1) is 24.0 Å². The number of halogens is 1. The summed E-state index contributed by atoms with van der Waals surface area (Å²) in [7, 11) is 1.73. The molecule has 1 unspecified atom stereocenters. The smallest absolute Gasteiger partial charge is 0.242 e. The second-order valence-corrected chi connectivity index (χ2v) is 8.93. The van der Waals surface area contributed by atoms with Gasteiger partial charge in [0.05, 0.1) is 12.6 Å². The number of anilines is 1. The molecule has 33 heavy (non-hydrogen) atoms. The van der Waals surface area contributed by atoms with E-state index in [4.69, 9.17) is 4.74 Å². The Morgan fingerprint density at radius 2 is 1.73 bits per heavy atom. The second kappa shape index (κ2) is 11.1. The number of nitrogens with one attached hydrogen (secondary N) is 2. The largest absolute Gasteiger partial charge is 0.487 e. The molecule has 0 radical (unpaired) electrons. The Morgan fingerprint density at radius 1 is 1.06 bits per heavy atom. The van der Waals surface area contributed by atoms with Gasteiger partial charge < -0.3 is 25.2 Å². The number of benzene rings is 2. The molecule has 4 rings (SSSR count). The Balaban J connectivity index is 0.00000306. The van der Waals surface area contributed by atoms with Crippen LogP contribution in [0.1, 0.15) is 31.9 Å². The minimum atomic E-state index is -0.279. The quantitative estimate of drug-likeness (QED) is 0.339. The number of rotatable bonds is 4. The number of amides is 1. The predicted molar refractivity (Wildman–Crippen MR) is 144 cm³/mol. The van der Waals surface area contributed by atoms with Gasteiger partial charge in [-0.05, 0) is 32.0 Å². The Labute approximate surface area is 213 Å². The van der Waals surface area contributed by atoms with Gasteiger partial charge in [-0.25, -0.2) is 0 Å². The van der Waals surface area contributed by atoms with Crippen molar-refractivity contribution in [2.75, 3.05) is 44.7 Å². The monoisotopic (exact) mass is 563 g/mol. The van der Waals surface area contributed by atoms with Crippen molar-refractivity contribution in [1.82, 2.24) is 15.5 Å². The van der Waals surface area contributed by atoms with Crippen molar-refractivity contribution >= 4 is 41.5 Å². The molecule has 2 aromatic rings. The fourth-order valence-electron chi connectivity index (χ4n) is 4.41. The van der Waals surface area contributed by atoms with Crippen LogP contribution in [0.2, 0.25) is 0 Å². The van der Waals surface area contributed by atoms with Crippen LogP contribution in [0.4, 0.5) is 5.69 Å². The highest BCUT2D eigenvalue weighted by Crippen LogP contribution is 2.39. The number of hydrogen-bond donors (Lipinski definition) is 2. The summed E-state index contributed by atoms with van der Waals surface area (Å²) in [5.74, 6) is 1.61. The number of aliphatic imine (C=N–C) groups is 1. The van der Waals surface area contributed by atoms with Crippen LogP contribution in [-0.2, 0) is 4.79 Å². The van der Waals surface area contributed by atoms with Crippen molar-refractivity contribution in [2.45, 2.75) is 31.9 Å². The van der Waals surface area contributed by atoms with E-state index < -0.39 is 0 Å². The number of para-hydroxylation sites is 2. The summed E-state index contributed by atoms with van der Waals surface area (Å²) < 4.78 is 6.12. The lowest BCUT2D eigenvalue weighted by Gasteiger charge is -2.38. The van der Waals surface area contributed by atoms with Crippen molar-refractivity contribution < 1.29 is 9.53 Å². The third kappa shape index (κ3) is 6.31. The van der Waals surface area contributed by atoms with Crippen molar-refractivity contribution in [2.24, 2.45) is 4.99 Å². The molecule has 8 heteroatoms. The average molecular weight is 563 g/mol. The molecule has 0 aromatic heterocycles. The molecule has 178 valence electrons. The summed E-state index contributed by atoms with van der Waals surface area (Å²) >= 11 is 0. The molecule has 0 saturated carbocycles. The molecular weight excluding hydrogens is 529 g/mol. The molecular formula is C25H34IN5O2. The molecule has 0 spiro atoms. The summed E-state index contributed by atoms with van der Waals surface area (Å²) in [5.41, 5.74) is 2.04. The number of fused-ring (bicyclic) bond motifs is 1. The summed E-state index contributed by atoms with van der Waals surface area (Å²) in [6, 6.07) is 18.5. The fourth-order valence-corrected chi connectivity index (χ4v) is 4.41. The van der Waals surface area contributed by atoms with Crippen LogP contribution in [0.5, 0.6) is 5.75 Å². The normalized spacial score (nSPS) is 19.6. The van der Waals surface area contributed by atoms with Crippen molar-refractivity contribution in [3.63, 3.8) is 0 Å². The topological polar surface area (TPSA) is 69.2 Å². The molecule has 2 heterocycles. The van der Waals surface area contributed by atoms with Crippen LogP contribution in [0.3, 0.4) is 0 Å². The zero-order valence-corrected chi connectivity index (χ0v) is 21.9. The lowest BCUT2D eigenvalue weighted by atomic mass is 9.90. The van der Waals surface area contributed by atoms with Crippen LogP contribution in [0, 0.1) is 0 Å². The van der Waals surface area contributed by atoms with E-state index in [0.29, 0.717) is 5.96 Å². The van der Waals surface area contributed by atoms with E-state index in [-0.39, 0.29) is 48.1 Å². The van der Waals surface area contributed by atoms with E-state index >= 15 is 0 Å². The summed E-state index contributed by atoms with van der Waals surface area (Å²) in [4.78, 5) is 21.4. The third-order valence-corrected chi connectivity index (χ3v) is 6.07. The molecule has 2 aliphatic heterocycles. The first kappa shape index (κ1) is 25.1. The van der Waals surface area contributed by atoms with Crippen molar-refractivity contribution in [1.29, 1.82) is 0 Å². The van der Waals surface area contributed by atoms with Crippen LogP contribution < -0.4 is 20.3 Å². The zero-order chi connectivity index (χ0) is 22.6. The van der Waals surface area contributed by atoms with Gasteiger partial charge in [0.2, 0.25) is 5.91 Å². The molecule has 7 nitrogen and oxygen atoms in total. The van der Waals surface area contributed by atoms with Gasteiger partial charge in [0.15, 0.2) is 5.96 Å². The van der Waals surface area contributed by atoms with Gasteiger partial charge in [-0.1, -0.05) is 36.4 Å². The molecule has 1 atom stereocenters. The standard InChI is InChI=1S/C25H33N5O2.HI/c1-25(2)17-21(20-11-7-8-12-22(20)32-25)28-24(26-3)27-18-23(31)30-15-13-29(14-16-30)19-9-5-4-6-10-19;/h4-12,21H,13-18H2,1-3H3,(H2,26,27,28);1H. The van der Waals surface area contributed by atoms with Crippen LogP contribution in [0.25, 0.3) is 0 Å². The number of guanidine groups is 1. The number of ether oxygens (including phenoxy) is 1.